The Morgan fingerprint density at radius 1 is 1.00 bits per heavy atom. The average Bonchev–Trinajstić information content (AvgIpc) is 3.67. The summed E-state index contributed by atoms with van der Waals surface area (Å²) in [4.78, 5) is 15.1. The molecule has 1 saturated heterocycles. The molecule has 0 aromatic heterocycles. The van der Waals surface area contributed by atoms with Crippen molar-refractivity contribution in [3.63, 3.8) is 0 Å². The predicted molar refractivity (Wildman–Crippen MR) is 143 cm³/mol. The Balaban J connectivity index is 1.30. The lowest BCUT2D eigenvalue weighted by Gasteiger charge is -2.51. The monoisotopic (exact) mass is 501 g/mol. The number of likely N-dealkylation sites (tertiary alicyclic amines) is 1. The standard InChI is InChI=1S/C32H36FNO3/c1-31(2,3)37-30(35)26-17-25(22-15-16-22)28(18-27(26)33)36-21-32(4)19-34(20-32)29(23-11-7-5-8-12-23)24-13-9-6-10-14-24/h5-14,17-18,22,29H,15-16,19-21H2,1-4H3. The minimum atomic E-state index is -0.680. The van der Waals surface area contributed by atoms with Gasteiger partial charge < -0.3 is 9.47 Å². The van der Waals surface area contributed by atoms with Crippen LogP contribution in [-0.4, -0.2) is 36.2 Å². The van der Waals surface area contributed by atoms with Crippen LogP contribution < -0.4 is 4.74 Å². The van der Waals surface area contributed by atoms with E-state index in [1.54, 1.807) is 26.8 Å². The maximum absolute atomic E-state index is 15.0. The van der Waals surface area contributed by atoms with Gasteiger partial charge in [-0.2, -0.15) is 0 Å². The van der Waals surface area contributed by atoms with Gasteiger partial charge in [-0.05, 0) is 62.3 Å². The zero-order chi connectivity index (χ0) is 26.2. The Labute approximate surface area is 219 Å². The molecule has 5 heteroatoms. The summed E-state index contributed by atoms with van der Waals surface area (Å²) in [5.41, 5.74) is 2.70. The van der Waals surface area contributed by atoms with E-state index in [2.05, 4.69) is 60.4 Å². The van der Waals surface area contributed by atoms with E-state index in [1.165, 1.54) is 17.2 Å². The number of nitrogens with zero attached hydrogens (tertiary/aromatic N) is 1. The van der Waals surface area contributed by atoms with Crippen LogP contribution in [0.1, 0.15) is 79.5 Å². The highest BCUT2D eigenvalue weighted by Gasteiger charge is 2.44. The van der Waals surface area contributed by atoms with Crippen molar-refractivity contribution in [1.29, 1.82) is 0 Å². The molecule has 1 aliphatic heterocycles. The molecule has 0 unspecified atom stereocenters. The van der Waals surface area contributed by atoms with E-state index < -0.39 is 17.4 Å². The van der Waals surface area contributed by atoms with Crippen molar-refractivity contribution in [1.82, 2.24) is 4.90 Å². The van der Waals surface area contributed by atoms with Crippen LogP contribution in [0.5, 0.6) is 5.75 Å². The number of carbonyl (C=O) groups excluding carboxylic acids is 1. The summed E-state index contributed by atoms with van der Waals surface area (Å²) in [5, 5.41) is 0. The molecule has 1 heterocycles. The Kier molecular flexibility index (Phi) is 6.84. The smallest absolute Gasteiger partial charge is 0.341 e. The van der Waals surface area contributed by atoms with Crippen LogP contribution in [-0.2, 0) is 4.74 Å². The van der Waals surface area contributed by atoms with Gasteiger partial charge in [-0.15, -0.1) is 0 Å². The number of hydrogen-bond donors (Lipinski definition) is 0. The highest BCUT2D eigenvalue weighted by molar-refractivity contribution is 5.90. The predicted octanol–water partition coefficient (Wildman–Crippen LogP) is 7.15. The number of hydrogen-bond acceptors (Lipinski definition) is 4. The Morgan fingerprint density at radius 3 is 2.08 bits per heavy atom. The van der Waals surface area contributed by atoms with Crippen molar-refractivity contribution in [3.05, 3.63) is 101 Å². The lowest BCUT2D eigenvalue weighted by Crippen LogP contribution is -2.58. The van der Waals surface area contributed by atoms with Crippen LogP contribution in [0.3, 0.4) is 0 Å². The maximum Gasteiger partial charge on any atom is 0.341 e. The fourth-order valence-electron chi connectivity index (χ4n) is 5.24. The molecule has 1 saturated carbocycles. The highest BCUT2D eigenvalue weighted by atomic mass is 19.1. The average molecular weight is 502 g/mol. The van der Waals surface area contributed by atoms with Gasteiger partial charge >= 0.3 is 5.97 Å². The zero-order valence-electron chi connectivity index (χ0n) is 22.2. The molecule has 37 heavy (non-hydrogen) atoms. The number of esters is 1. The van der Waals surface area contributed by atoms with Gasteiger partial charge in [0.2, 0.25) is 0 Å². The third-order valence-corrected chi connectivity index (χ3v) is 7.08. The molecule has 194 valence electrons. The SMILES string of the molecule is CC1(COc2cc(F)c(C(=O)OC(C)(C)C)cc2C2CC2)CN(C(c2ccccc2)c2ccccc2)C1. The van der Waals surface area contributed by atoms with Crippen molar-refractivity contribution in [3.8, 4) is 5.75 Å². The third kappa shape index (κ3) is 5.88. The van der Waals surface area contributed by atoms with E-state index >= 15 is 4.39 Å². The summed E-state index contributed by atoms with van der Waals surface area (Å²) in [5.74, 6) is -0.368. The fourth-order valence-corrected chi connectivity index (χ4v) is 5.24. The number of ether oxygens (including phenoxy) is 2. The molecular formula is C32H36FNO3. The van der Waals surface area contributed by atoms with Gasteiger partial charge in [0.05, 0.1) is 18.2 Å². The Morgan fingerprint density at radius 2 is 1.57 bits per heavy atom. The molecule has 0 N–H and O–H groups in total. The van der Waals surface area contributed by atoms with E-state index in [4.69, 9.17) is 9.47 Å². The van der Waals surface area contributed by atoms with E-state index in [1.807, 2.05) is 12.1 Å². The second kappa shape index (κ2) is 9.94. The van der Waals surface area contributed by atoms with E-state index in [-0.39, 0.29) is 17.0 Å². The summed E-state index contributed by atoms with van der Waals surface area (Å²) in [6.07, 6.45) is 2.05. The minimum absolute atomic E-state index is 0.0150. The molecule has 0 radical (unpaired) electrons. The summed E-state index contributed by atoms with van der Waals surface area (Å²) in [6, 6.07) is 24.4. The molecule has 0 amide bonds. The third-order valence-electron chi connectivity index (χ3n) is 7.08. The highest BCUT2D eigenvalue weighted by Crippen LogP contribution is 2.46. The van der Waals surface area contributed by atoms with E-state index in [9.17, 15) is 4.79 Å². The second-order valence-electron chi connectivity index (χ2n) is 11.9. The van der Waals surface area contributed by atoms with Gasteiger partial charge in [0.25, 0.3) is 0 Å². The van der Waals surface area contributed by atoms with Gasteiger partial charge in [0.1, 0.15) is 17.2 Å². The Bertz CT molecular complexity index is 1200. The van der Waals surface area contributed by atoms with Crippen molar-refractivity contribution in [2.24, 2.45) is 5.41 Å². The van der Waals surface area contributed by atoms with Gasteiger partial charge in [0.15, 0.2) is 0 Å². The first kappa shape index (κ1) is 25.5. The second-order valence-corrected chi connectivity index (χ2v) is 11.9. The van der Waals surface area contributed by atoms with Crippen LogP contribution in [0.4, 0.5) is 4.39 Å². The van der Waals surface area contributed by atoms with Crippen LogP contribution in [0.2, 0.25) is 0 Å². The maximum atomic E-state index is 15.0. The molecule has 3 aromatic carbocycles. The molecule has 2 fully saturated rings. The molecule has 1 aliphatic carbocycles. The molecule has 0 spiro atoms. The summed E-state index contributed by atoms with van der Waals surface area (Å²) in [7, 11) is 0. The first-order valence-corrected chi connectivity index (χ1v) is 13.2. The van der Waals surface area contributed by atoms with Crippen LogP contribution in [0.15, 0.2) is 72.8 Å². The van der Waals surface area contributed by atoms with E-state index in [0.717, 1.165) is 31.5 Å². The van der Waals surface area contributed by atoms with Gasteiger partial charge in [0, 0.05) is 24.6 Å². The lowest BCUT2D eigenvalue weighted by atomic mass is 9.79. The molecule has 4 nitrogen and oxygen atoms in total. The fraction of sp³-hybridized carbons (Fsp3) is 0.406. The minimum Gasteiger partial charge on any atom is -0.493 e. The summed E-state index contributed by atoms with van der Waals surface area (Å²) < 4.78 is 26.7. The Hall–Kier alpha value is -3.18. The number of carbonyl (C=O) groups is 1. The zero-order valence-corrected chi connectivity index (χ0v) is 22.2. The van der Waals surface area contributed by atoms with Crippen LogP contribution >= 0.6 is 0 Å². The molecular weight excluding hydrogens is 465 g/mol. The first-order valence-electron chi connectivity index (χ1n) is 13.2. The molecule has 3 aromatic rings. The normalized spacial score (nSPS) is 17.4. The number of rotatable bonds is 8. The molecule has 0 atom stereocenters. The van der Waals surface area contributed by atoms with Gasteiger partial charge in [-0.25, -0.2) is 9.18 Å². The first-order chi connectivity index (χ1) is 17.6. The topological polar surface area (TPSA) is 38.8 Å². The molecule has 0 bridgehead atoms. The number of halogens is 1. The van der Waals surface area contributed by atoms with E-state index in [0.29, 0.717) is 18.3 Å². The van der Waals surface area contributed by atoms with Crippen molar-refractivity contribution in [2.45, 2.75) is 58.1 Å². The number of benzene rings is 3. The van der Waals surface area contributed by atoms with Gasteiger partial charge in [-0.3, -0.25) is 4.90 Å². The molecule has 5 rings (SSSR count). The summed E-state index contributed by atoms with van der Waals surface area (Å²) >= 11 is 0. The van der Waals surface area contributed by atoms with Crippen molar-refractivity contribution >= 4 is 5.97 Å². The van der Waals surface area contributed by atoms with Gasteiger partial charge in [-0.1, -0.05) is 67.6 Å². The quantitative estimate of drug-likeness (QED) is 0.307. The summed E-state index contributed by atoms with van der Waals surface area (Å²) in [6.45, 7) is 9.81. The van der Waals surface area contributed by atoms with Crippen molar-refractivity contribution < 1.29 is 18.7 Å². The van der Waals surface area contributed by atoms with Crippen molar-refractivity contribution in [2.75, 3.05) is 19.7 Å². The van der Waals surface area contributed by atoms with Crippen LogP contribution in [0, 0.1) is 11.2 Å². The van der Waals surface area contributed by atoms with Crippen LogP contribution in [0.25, 0.3) is 0 Å². The largest absolute Gasteiger partial charge is 0.493 e. The lowest BCUT2D eigenvalue weighted by molar-refractivity contribution is -0.0379. The molecule has 2 aliphatic rings.